The molecule has 0 atom stereocenters. The minimum absolute atomic E-state index is 0.0432. The molecule has 1 saturated heterocycles. The summed E-state index contributed by atoms with van der Waals surface area (Å²) in [4.78, 5) is 14.4. The fourth-order valence-corrected chi connectivity index (χ4v) is 2.71. The number of unbranched alkanes of at least 4 members (excludes halogenated alkanes) is 2. The molecule has 1 aliphatic rings. The van der Waals surface area contributed by atoms with Crippen LogP contribution in [0.5, 0.6) is 0 Å². The van der Waals surface area contributed by atoms with Crippen molar-refractivity contribution in [3.63, 3.8) is 0 Å². The third kappa shape index (κ3) is 5.33. The van der Waals surface area contributed by atoms with Crippen molar-refractivity contribution in [2.45, 2.75) is 38.5 Å². The summed E-state index contributed by atoms with van der Waals surface area (Å²) >= 11 is 0. The standard InChI is InChI=1S/C17H26N2O/c20-17(16-10-4-1-5-11-16)18-12-6-2-7-13-19-14-8-3-9-15-19/h1,4-5,10-11H,2-3,6-9,12-15H2,(H,18,20). The Morgan fingerprint density at radius 2 is 1.75 bits per heavy atom. The molecule has 1 heterocycles. The van der Waals surface area contributed by atoms with E-state index in [1.54, 1.807) is 0 Å². The molecule has 1 amide bonds. The number of hydrogen-bond acceptors (Lipinski definition) is 2. The minimum atomic E-state index is 0.0432. The van der Waals surface area contributed by atoms with E-state index in [2.05, 4.69) is 10.2 Å². The van der Waals surface area contributed by atoms with Crippen molar-refractivity contribution >= 4 is 5.91 Å². The number of piperidine rings is 1. The largest absolute Gasteiger partial charge is 0.352 e. The second-order valence-corrected chi connectivity index (χ2v) is 5.58. The van der Waals surface area contributed by atoms with Crippen molar-refractivity contribution in [3.05, 3.63) is 35.9 Å². The summed E-state index contributed by atoms with van der Waals surface area (Å²) in [5, 5.41) is 2.98. The predicted molar refractivity (Wildman–Crippen MR) is 82.9 cm³/mol. The van der Waals surface area contributed by atoms with E-state index < -0.39 is 0 Å². The van der Waals surface area contributed by atoms with E-state index in [1.165, 1.54) is 51.7 Å². The molecule has 0 saturated carbocycles. The molecular formula is C17H26N2O. The van der Waals surface area contributed by atoms with Gasteiger partial charge in [-0.15, -0.1) is 0 Å². The fraction of sp³-hybridized carbons (Fsp3) is 0.588. The number of amides is 1. The van der Waals surface area contributed by atoms with Crippen LogP contribution in [-0.4, -0.2) is 37.0 Å². The van der Waals surface area contributed by atoms with Crippen LogP contribution in [0, 0.1) is 0 Å². The monoisotopic (exact) mass is 274 g/mol. The lowest BCUT2D eigenvalue weighted by Gasteiger charge is -2.26. The summed E-state index contributed by atoms with van der Waals surface area (Å²) < 4.78 is 0. The van der Waals surface area contributed by atoms with Crippen molar-refractivity contribution in [2.75, 3.05) is 26.2 Å². The van der Waals surface area contributed by atoms with E-state index in [9.17, 15) is 4.79 Å². The molecule has 3 nitrogen and oxygen atoms in total. The first-order valence-corrected chi connectivity index (χ1v) is 7.92. The summed E-state index contributed by atoms with van der Waals surface area (Å²) in [6.07, 6.45) is 7.67. The zero-order valence-electron chi connectivity index (χ0n) is 12.3. The van der Waals surface area contributed by atoms with E-state index in [1.807, 2.05) is 30.3 Å². The maximum Gasteiger partial charge on any atom is 0.251 e. The Morgan fingerprint density at radius 1 is 1.00 bits per heavy atom. The van der Waals surface area contributed by atoms with Crippen molar-refractivity contribution in [1.29, 1.82) is 0 Å². The first kappa shape index (κ1) is 15.0. The molecule has 3 heteroatoms. The van der Waals surface area contributed by atoms with E-state index in [0.29, 0.717) is 0 Å². The smallest absolute Gasteiger partial charge is 0.251 e. The van der Waals surface area contributed by atoms with Crippen LogP contribution in [-0.2, 0) is 0 Å². The van der Waals surface area contributed by atoms with Gasteiger partial charge in [-0.05, 0) is 57.5 Å². The Labute approximate surface area is 122 Å². The quantitative estimate of drug-likeness (QED) is 0.775. The third-order valence-electron chi connectivity index (χ3n) is 3.92. The van der Waals surface area contributed by atoms with Gasteiger partial charge in [0.05, 0.1) is 0 Å². The van der Waals surface area contributed by atoms with Crippen molar-refractivity contribution in [1.82, 2.24) is 10.2 Å². The number of benzene rings is 1. The van der Waals surface area contributed by atoms with Crippen LogP contribution in [0.2, 0.25) is 0 Å². The van der Waals surface area contributed by atoms with Crippen LogP contribution in [0.15, 0.2) is 30.3 Å². The Hall–Kier alpha value is -1.35. The SMILES string of the molecule is O=C(NCCCCCN1CCCCC1)c1ccccc1. The van der Waals surface area contributed by atoms with Crippen LogP contribution in [0.3, 0.4) is 0 Å². The summed E-state index contributed by atoms with van der Waals surface area (Å²) in [5.41, 5.74) is 0.751. The third-order valence-corrected chi connectivity index (χ3v) is 3.92. The van der Waals surface area contributed by atoms with Crippen LogP contribution in [0.4, 0.5) is 0 Å². The average molecular weight is 274 g/mol. The summed E-state index contributed by atoms with van der Waals surface area (Å²) in [6, 6.07) is 9.43. The molecule has 0 aromatic heterocycles. The second kappa shape index (κ2) is 8.75. The number of nitrogens with one attached hydrogen (secondary N) is 1. The zero-order valence-corrected chi connectivity index (χ0v) is 12.3. The van der Waals surface area contributed by atoms with Crippen LogP contribution >= 0.6 is 0 Å². The van der Waals surface area contributed by atoms with Crippen LogP contribution < -0.4 is 5.32 Å². The van der Waals surface area contributed by atoms with E-state index in [0.717, 1.165) is 18.5 Å². The lowest BCUT2D eigenvalue weighted by molar-refractivity contribution is 0.0953. The topological polar surface area (TPSA) is 32.3 Å². The van der Waals surface area contributed by atoms with Gasteiger partial charge in [-0.25, -0.2) is 0 Å². The minimum Gasteiger partial charge on any atom is -0.352 e. The number of hydrogen-bond donors (Lipinski definition) is 1. The van der Waals surface area contributed by atoms with Crippen molar-refractivity contribution in [3.8, 4) is 0 Å². The molecule has 1 N–H and O–H groups in total. The Balaban J connectivity index is 1.50. The fourth-order valence-electron chi connectivity index (χ4n) is 2.71. The number of carbonyl (C=O) groups excluding carboxylic acids is 1. The van der Waals surface area contributed by atoms with Gasteiger partial charge < -0.3 is 10.2 Å². The molecule has 2 rings (SSSR count). The second-order valence-electron chi connectivity index (χ2n) is 5.58. The molecule has 1 aliphatic heterocycles. The van der Waals surface area contributed by atoms with Gasteiger partial charge in [0.15, 0.2) is 0 Å². The maximum absolute atomic E-state index is 11.8. The van der Waals surface area contributed by atoms with E-state index >= 15 is 0 Å². The first-order chi connectivity index (χ1) is 9.86. The number of nitrogens with zero attached hydrogens (tertiary/aromatic N) is 1. The molecule has 0 bridgehead atoms. The maximum atomic E-state index is 11.8. The molecule has 0 unspecified atom stereocenters. The normalized spacial score (nSPS) is 16.0. The lowest BCUT2D eigenvalue weighted by atomic mass is 10.1. The molecule has 1 aromatic rings. The summed E-state index contributed by atoms with van der Waals surface area (Å²) in [5.74, 6) is 0.0432. The molecular weight excluding hydrogens is 248 g/mol. The summed E-state index contributed by atoms with van der Waals surface area (Å²) in [7, 11) is 0. The molecule has 110 valence electrons. The Bertz CT molecular complexity index is 385. The van der Waals surface area contributed by atoms with Crippen molar-refractivity contribution in [2.24, 2.45) is 0 Å². The van der Waals surface area contributed by atoms with Gasteiger partial charge in [0.25, 0.3) is 5.91 Å². The first-order valence-electron chi connectivity index (χ1n) is 7.92. The lowest BCUT2D eigenvalue weighted by Crippen LogP contribution is -2.30. The molecule has 1 aromatic carbocycles. The van der Waals surface area contributed by atoms with Gasteiger partial charge >= 0.3 is 0 Å². The highest BCUT2D eigenvalue weighted by Gasteiger charge is 2.08. The summed E-state index contributed by atoms with van der Waals surface area (Å²) in [6.45, 7) is 4.58. The van der Waals surface area contributed by atoms with Crippen LogP contribution in [0.25, 0.3) is 0 Å². The molecule has 0 radical (unpaired) electrons. The van der Waals surface area contributed by atoms with Crippen LogP contribution in [0.1, 0.15) is 48.9 Å². The Morgan fingerprint density at radius 3 is 2.50 bits per heavy atom. The molecule has 0 aliphatic carbocycles. The van der Waals surface area contributed by atoms with Gasteiger partial charge in [0, 0.05) is 12.1 Å². The average Bonchev–Trinajstić information content (AvgIpc) is 2.52. The highest BCUT2D eigenvalue weighted by Crippen LogP contribution is 2.09. The number of carbonyl (C=O) groups is 1. The van der Waals surface area contributed by atoms with Gasteiger partial charge in [0.1, 0.15) is 0 Å². The Kier molecular flexibility index (Phi) is 6.58. The zero-order chi connectivity index (χ0) is 14.0. The number of likely N-dealkylation sites (tertiary alicyclic amines) is 1. The molecule has 1 fully saturated rings. The predicted octanol–water partition coefficient (Wildman–Crippen LogP) is 3.07. The van der Waals surface area contributed by atoms with E-state index in [4.69, 9.17) is 0 Å². The highest BCUT2D eigenvalue weighted by molar-refractivity contribution is 5.94. The van der Waals surface area contributed by atoms with Gasteiger partial charge in [-0.1, -0.05) is 31.0 Å². The van der Waals surface area contributed by atoms with E-state index in [-0.39, 0.29) is 5.91 Å². The molecule has 20 heavy (non-hydrogen) atoms. The van der Waals surface area contributed by atoms with Gasteiger partial charge in [-0.3, -0.25) is 4.79 Å². The highest BCUT2D eigenvalue weighted by atomic mass is 16.1. The number of rotatable bonds is 7. The van der Waals surface area contributed by atoms with Gasteiger partial charge in [-0.2, -0.15) is 0 Å². The van der Waals surface area contributed by atoms with Gasteiger partial charge in [0.2, 0.25) is 0 Å². The molecule has 0 spiro atoms. The van der Waals surface area contributed by atoms with Crippen molar-refractivity contribution < 1.29 is 4.79 Å².